The van der Waals surface area contributed by atoms with Crippen molar-refractivity contribution < 1.29 is 35.4 Å². The number of phenols is 5. The highest BCUT2D eigenvalue weighted by atomic mass is 16.5. The number of aromatic hydroxyl groups is 5. The Kier molecular flexibility index (Phi) is 14.6. The number of benzene rings is 5. The Balaban J connectivity index is 0.770. The van der Waals surface area contributed by atoms with Crippen LogP contribution in [0.25, 0.3) is 22.9 Å². The van der Waals surface area contributed by atoms with Crippen molar-refractivity contribution in [2.75, 3.05) is 26.3 Å². The van der Waals surface area contributed by atoms with Gasteiger partial charge in [-0.05, 0) is 224 Å². The Bertz CT molecular complexity index is 4720. The van der Waals surface area contributed by atoms with E-state index in [1.54, 1.807) is 18.2 Å². The van der Waals surface area contributed by atoms with Crippen molar-refractivity contribution in [3.05, 3.63) is 189 Å². The number of phenolic OH excluding ortho intramolecular Hbond substituents is 5. The molecule has 8 heterocycles. The van der Waals surface area contributed by atoms with Crippen LogP contribution in [0.4, 0.5) is 0 Å². The third-order valence-corrected chi connectivity index (χ3v) is 30.0. The SMILES string of the molecule is Oc1ccc(C=Cc2c(CCc3ccc(C4CC56CC7NC(C5)C(c5ccccc5)C=C7CNCCc5c[nH]c7c5C5CC#CC89CCc%10[nH]cnc%10C%10%11C(N4)C6CC(CC8CC#CC5C4COCCC4C7)C9%10CCC45CCCC4C=CC(O)C5%11)cc3)c(O)c(O)c3c(O)cccc23)cc1O. The zero-order chi connectivity index (χ0) is 67.7. The molecule has 518 valence electrons. The molecule has 10 bridgehead atoms. The van der Waals surface area contributed by atoms with Crippen LogP contribution < -0.4 is 16.0 Å². The Labute approximate surface area is 592 Å². The van der Waals surface area contributed by atoms with Crippen LogP contribution in [0.5, 0.6) is 28.7 Å². The number of hydrogen-bond donors (Lipinski definition) is 11. The molecule has 3 saturated heterocycles. The van der Waals surface area contributed by atoms with Gasteiger partial charge >= 0.3 is 0 Å². The number of imidazole rings is 1. The number of aryl methyl sites for hydroxylation is 2. The van der Waals surface area contributed by atoms with Crippen LogP contribution in [0.3, 0.4) is 0 Å². The molecule has 13 heteroatoms. The van der Waals surface area contributed by atoms with Gasteiger partial charge < -0.3 is 61.3 Å². The molecular formula is C88H94N6O7. The molecule has 20 atom stereocenters. The van der Waals surface area contributed by atoms with Gasteiger partial charge in [0.25, 0.3) is 0 Å². The highest BCUT2D eigenvalue weighted by Gasteiger charge is 2.85. The first-order valence-electron chi connectivity index (χ1n) is 38.5. The van der Waals surface area contributed by atoms with E-state index in [0.29, 0.717) is 58.6 Å². The Morgan fingerprint density at radius 1 is 0.743 bits per heavy atom. The number of aliphatic hydroxyl groups excluding tert-OH is 1. The molecule has 7 fully saturated rings. The van der Waals surface area contributed by atoms with Gasteiger partial charge in [-0.25, -0.2) is 4.98 Å². The highest BCUT2D eigenvalue weighted by molar-refractivity contribution is 6.03. The molecule has 6 aliphatic heterocycles. The lowest BCUT2D eigenvalue weighted by Gasteiger charge is -2.76. The maximum Gasteiger partial charge on any atom is 0.169 e. The molecule has 4 spiro atoms. The monoisotopic (exact) mass is 1350 g/mol. The molecule has 21 rings (SSSR count). The fourth-order valence-electron chi connectivity index (χ4n) is 26.3. The zero-order valence-electron chi connectivity index (χ0n) is 57.7. The molecule has 0 amide bonds. The van der Waals surface area contributed by atoms with E-state index in [0.717, 1.165) is 141 Å². The molecule has 5 aromatic carbocycles. The minimum absolute atomic E-state index is 0.0518. The number of rotatable bonds is 7. The summed E-state index contributed by atoms with van der Waals surface area (Å²) in [6, 6.07) is 30.6. The average molecular weight is 1350 g/mol. The second-order valence-electron chi connectivity index (χ2n) is 33.7. The molecule has 13 nitrogen and oxygen atoms in total. The Hall–Kier alpha value is -8.01. The molecule has 20 unspecified atom stereocenters. The largest absolute Gasteiger partial charge is 0.507 e. The highest BCUT2D eigenvalue weighted by Crippen LogP contribution is 2.85. The number of hydrogen-bond acceptors (Lipinski definition) is 11. The van der Waals surface area contributed by atoms with Crippen LogP contribution in [0.2, 0.25) is 0 Å². The predicted octanol–water partition coefficient (Wildman–Crippen LogP) is 13.8. The second kappa shape index (κ2) is 23.5. The number of aliphatic hydroxyl groups is 1. The van der Waals surface area contributed by atoms with Crippen molar-refractivity contribution in [3.63, 3.8) is 0 Å². The van der Waals surface area contributed by atoms with E-state index in [-0.39, 0.29) is 110 Å². The summed E-state index contributed by atoms with van der Waals surface area (Å²) in [5, 5.41) is 83.6. The summed E-state index contributed by atoms with van der Waals surface area (Å²) in [4.78, 5) is 13.8. The summed E-state index contributed by atoms with van der Waals surface area (Å²) in [6.45, 7) is 3.23. The lowest BCUT2D eigenvalue weighted by atomic mass is 9.28. The number of H-pyrrole nitrogens is 2. The zero-order valence-corrected chi connectivity index (χ0v) is 57.7. The fraction of sp³-hybridized carbons (Fsp3) is 0.489. The van der Waals surface area contributed by atoms with E-state index in [9.17, 15) is 30.6 Å². The minimum atomic E-state index is -0.670. The first-order valence-corrected chi connectivity index (χ1v) is 38.5. The van der Waals surface area contributed by atoms with Crippen LogP contribution in [0, 0.1) is 92.7 Å². The van der Waals surface area contributed by atoms with Gasteiger partial charge in [-0.1, -0.05) is 121 Å². The van der Waals surface area contributed by atoms with Gasteiger partial charge in [0.05, 0.1) is 30.1 Å². The lowest BCUT2D eigenvalue weighted by molar-refractivity contribution is -0.241. The molecule has 101 heavy (non-hydrogen) atoms. The van der Waals surface area contributed by atoms with E-state index in [1.807, 2.05) is 18.5 Å². The molecule has 7 aromatic rings. The van der Waals surface area contributed by atoms with Crippen LogP contribution in [-0.2, 0) is 42.3 Å². The standard InChI is InChI=1S/C88H94N6O7/c95-73-26-20-51(38-76(73)98)19-24-61-63-13-5-15-74(96)78(63)80(100)79(99)64(61)25-18-50-16-21-53(22-17-50)70-43-84-44-71-56(39-65(72(45-84)93-71)52-8-2-1-3-9-52)46-89-36-29-55-47-90-69-40-54-30-37-101-48-66(54)60-12-4-10-58-41-59-42-67(84)82(94-70)88-81-75(97)27-23-57-11-6-31-85(57,81)34-35-87(59,88)86(58,32-7-14-62(60)77(55)69)33-28-68-83(88)92-49-91-68/h1-3,5,8-9,13,15-17,19-24,26-27,38-39,47,49,54,57-60,62,65-67,70-72,75,81-82,89-90,93-100H,6,10-11,14,18,25,28-31,33-37,40-46,48H2,(H,91,92). The van der Waals surface area contributed by atoms with E-state index < -0.39 is 16.9 Å². The molecule has 4 saturated carbocycles. The number of piperidine rings is 2. The molecule has 0 radical (unpaired) electrons. The molecule has 11 N–H and O–H groups in total. The molecule has 8 aliphatic carbocycles. The summed E-state index contributed by atoms with van der Waals surface area (Å²) in [5.74, 6) is 18.6. The Morgan fingerprint density at radius 3 is 2.52 bits per heavy atom. The van der Waals surface area contributed by atoms with Crippen molar-refractivity contribution in [2.24, 2.45) is 69.0 Å². The molecule has 14 aliphatic rings. The average Bonchev–Trinajstić information content (AvgIpc) is 1.53. The summed E-state index contributed by atoms with van der Waals surface area (Å²) >= 11 is 0. The summed E-state index contributed by atoms with van der Waals surface area (Å²) < 4.78 is 6.49. The van der Waals surface area contributed by atoms with Crippen LogP contribution >= 0.6 is 0 Å². The number of aromatic amines is 2. The van der Waals surface area contributed by atoms with Gasteiger partial charge in [-0.3, -0.25) is 0 Å². The maximum atomic E-state index is 14.0. The van der Waals surface area contributed by atoms with Crippen molar-refractivity contribution >= 4 is 22.9 Å². The third-order valence-electron chi connectivity index (χ3n) is 30.0. The van der Waals surface area contributed by atoms with E-state index in [2.05, 4.69) is 123 Å². The van der Waals surface area contributed by atoms with Gasteiger partial charge in [0.1, 0.15) is 5.75 Å². The van der Waals surface area contributed by atoms with Gasteiger partial charge in [0.15, 0.2) is 23.0 Å². The number of ether oxygens (including phenoxy) is 1. The number of nitrogens with zero attached hydrogens (tertiary/aromatic N) is 1. The van der Waals surface area contributed by atoms with Gasteiger partial charge in [0.2, 0.25) is 0 Å². The summed E-state index contributed by atoms with van der Waals surface area (Å²) in [7, 11) is 0. The first kappa shape index (κ1) is 62.7. The second-order valence-corrected chi connectivity index (χ2v) is 33.7. The van der Waals surface area contributed by atoms with Crippen molar-refractivity contribution in [1.29, 1.82) is 0 Å². The quantitative estimate of drug-likeness (QED) is 0.0313. The fourth-order valence-corrected chi connectivity index (χ4v) is 26.3. The first-order chi connectivity index (χ1) is 49.4. The number of aromatic nitrogens is 3. The third kappa shape index (κ3) is 9.04. The number of nitrogens with one attached hydrogen (secondary N) is 5. The number of fused-ring (bicyclic) bond motifs is 8. The van der Waals surface area contributed by atoms with Crippen LogP contribution in [0.1, 0.15) is 169 Å². The van der Waals surface area contributed by atoms with E-state index >= 15 is 0 Å². The molecule has 2 aromatic heterocycles. The van der Waals surface area contributed by atoms with Crippen molar-refractivity contribution in [2.45, 2.75) is 170 Å². The topological polar surface area (TPSA) is 211 Å². The van der Waals surface area contributed by atoms with Crippen molar-refractivity contribution in [1.82, 2.24) is 30.9 Å². The van der Waals surface area contributed by atoms with Crippen molar-refractivity contribution in [3.8, 4) is 52.4 Å². The van der Waals surface area contributed by atoms with E-state index in [1.165, 1.54) is 63.1 Å². The van der Waals surface area contributed by atoms with E-state index in [4.69, 9.17) is 15.0 Å². The summed E-state index contributed by atoms with van der Waals surface area (Å²) in [5.41, 5.74) is 12.1. The van der Waals surface area contributed by atoms with Gasteiger partial charge in [-0.2, -0.15) is 0 Å². The van der Waals surface area contributed by atoms with Gasteiger partial charge in [-0.15, -0.1) is 11.8 Å². The normalized spacial score (nSPS) is 38.1. The maximum absolute atomic E-state index is 14.0. The summed E-state index contributed by atoms with van der Waals surface area (Å²) in [6.07, 6.45) is 32.9. The minimum Gasteiger partial charge on any atom is -0.507 e. The smallest absolute Gasteiger partial charge is 0.169 e. The molecular weight excluding hydrogens is 1250 g/mol. The van der Waals surface area contributed by atoms with Crippen LogP contribution in [-0.4, -0.2) is 96.1 Å². The lowest BCUT2D eigenvalue weighted by Crippen LogP contribution is -2.80. The van der Waals surface area contributed by atoms with Gasteiger partial charge in [0, 0.05) is 113 Å². The number of allylic oxidation sites excluding steroid dienone is 1. The Morgan fingerprint density at radius 2 is 1.63 bits per heavy atom. The van der Waals surface area contributed by atoms with Crippen LogP contribution in [0.15, 0.2) is 127 Å². The predicted molar refractivity (Wildman–Crippen MR) is 391 cm³/mol.